The minimum absolute atomic E-state index is 0.0421. The Bertz CT molecular complexity index is 608. The zero-order valence-electron chi connectivity index (χ0n) is 10.9. The Labute approximate surface area is 115 Å². The fraction of sp³-hybridized carbons (Fsp3) is 0.357. The van der Waals surface area contributed by atoms with Crippen molar-refractivity contribution in [3.8, 4) is 5.75 Å². The molecule has 0 aliphatic heterocycles. The molecule has 1 aromatic heterocycles. The molecule has 19 heavy (non-hydrogen) atoms. The van der Waals surface area contributed by atoms with Gasteiger partial charge in [0.1, 0.15) is 5.52 Å². The van der Waals surface area contributed by atoms with Crippen molar-refractivity contribution in [1.29, 1.82) is 0 Å². The summed E-state index contributed by atoms with van der Waals surface area (Å²) in [4.78, 5) is 4.42. The minimum Gasteiger partial charge on any atom is -0.432 e. The van der Waals surface area contributed by atoms with E-state index in [1.165, 1.54) is 6.07 Å². The molecule has 2 aromatic rings. The Kier molecular flexibility index (Phi) is 3.63. The van der Waals surface area contributed by atoms with Crippen LogP contribution in [0.5, 0.6) is 5.75 Å². The van der Waals surface area contributed by atoms with Gasteiger partial charge < -0.3 is 4.74 Å². The van der Waals surface area contributed by atoms with Crippen molar-refractivity contribution in [2.24, 2.45) is 0 Å². The highest BCUT2D eigenvalue weighted by Crippen LogP contribution is 2.33. The number of pyridine rings is 1. The maximum Gasteiger partial charge on any atom is 0.387 e. The maximum absolute atomic E-state index is 12.4. The van der Waals surface area contributed by atoms with Crippen LogP contribution in [0.1, 0.15) is 26.5 Å². The second-order valence-electron chi connectivity index (χ2n) is 5.27. The van der Waals surface area contributed by atoms with E-state index in [9.17, 15) is 8.78 Å². The van der Waals surface area contributed by atoms with Crippen molar-refractivity contribution in [3.05, 3.63) is 35.0 Å². The SMILES string of the molecule is CC(C)(C)c1cc(Cl)c2cccc(OC(F)F)c2n1. The van der Waals surface area contributed by atoms with Gasteiger partial charge >= 0.3 is 6.61 Å². The topological polar surface area (TPSA) is 22.1 Å². The van der Waals surface area contributed by atoms with Crippen LogP contribution in [-0.4, -0.2) is 11.6 Å². The smallest absolute Gasteiger partial charge is 0.387 e. The zero-order chi connectivity index (χ0) is 14.2. The highest BCUT2D eigenvalue weighted by Gasteiger charge is 2.19. The van der Waals surface area contributed by atoms with Crippen molar-refractivity contribution >= 4 is 22.5 Å². The zero-order valence-corrected chi connectivity index (χ0v) is 11.6. The van der Waals surface area contributed by atoms with Gasteiger partial charge in [0.25, 0.3) is 0 Å². The van der Waals surface area contributed by atoms with E-state index in [1.54, 1.807) is 18.2 Å². The fourth-order valence-electron chi connectivity index (χ4n) is 1.76. The van der Waals surface area contributed by atoms with Crippen LogP contribution < -0.4 is 4.74 Å². The van der Waals surface area contributed by atoms with E-state index in [0.717, 1.165) is 5.69 Å². The third-order valence-corrected chi connectivity index (χ3v) is 3.05. The van der Waals surface area contributed by atoms with Gasteiger partial charge in [-0.1, -0.05) is 44.5 Å². The molecule has 0 spiro atoms. The largest absolute Gasteiger partial charge is 0.432 e. The molecular weight excluding hydrogens is 272 g/mol. The van der Waals surface area contributed by atoms with Crippen molar-refractivity contribution in [1.82, 2.24) is 4.98 Å². The lowest BCUT2D eigenvalue weighted by atomic mass is 9.91. The normalized spacial score (nSPS) is 12.2. The summed E-state index contributed by atoms with van der Waals surface area (Å²) in [5.41, 5.74) is 0.867. The van der Waals surface area contributed by atoms with E-state index >= 15 is 0 Å². The number of para-hydroxylation sites is 1. The Balaban J connectivity index is 2.69. The van der Waals surface area contributed by atoms with Crippen LogP contribution in [-0.2, 0) is 5.41 Å². The van der Waals surface area contributed by atoms with E-state index in [4.69, 9.17) is 11.6 Å². The standard InChI is InChI=1S/C14H14ClF2NO/c1-14(2,3)11-7-9(15)8-5-4-6-10(12(8)18-11)19-13(16)17/h4-7,13H,1-3H3. The highest BCUT2D eigenvalue weighted by molar-refractivity contribution is 6.35. The first-order valence-electron chi connectivity index (χ1n) is 5.83. The summed E-state index contributed by atoms with van der Waals surface area (Å²) in [5, 5.41) is 1.09. The van der Waals surface area contributed by atoms with Crippen LogP contribution >= 0.6 is 11.6 Å². The molecule has 0 aliphatic rings. The molecular formula is C14H14ClF2NO. The van der Waals surface area contributed by atoms with E-state index in [0.29, 0.717) is 15.9 Å². The number of hydrogen-bond donors (Lipinski definition) is 0. The molecule has 0 amide bonds. The van der Waals surface area contributed by atoms with Gasteiger partial charge in [-0.3, -0.25) is 0 Å². The van der Waals surface area contributed by atoms with Crippen LogP contribution in [0.2, 0.25) is 5.02 Å². The first kappa shape index (κ1) is 14.0. The van der Waals surface area contributed by atoms with E-state index in [1.807, 2.05) is 20.8 Å². The molecule has 0 unspecified atom stereocenters. The van der Waals surface area contributed by atoms with Crippen molar-refractivity contribution in [3.63, 3.8) is 0 Å². The maximum atomic E-state index is 12.4. The quantitative estimate of drug-likeness (QED) is 0.791. The number of benzene rings is 1. The Hall–Kier alpha value is -1.42. The van der Waals surface area contributed by atoms with Crippen molar-refractivity contribution < 1.29 is 13.5 Å². The Morgan fingerprint density at radius 1 is 1.26 bits per heavy atom. The summed E-state index contributed by atoms with van der Waals surface area (Å²) in [6.45, 7) is 3.06. The highest BCUT2D eigenvalue weighted by atomic mass is 35.5. The molecule has 1 heterocycles. The van der Waals surface area contributed by atoms with Gasteiger partial charge in [-0.25, -0.2) is 4.98 Å². The summed E-state index contributed by atoms with van der Waals surface area (Å²) in [6.07, 6.45) is 0. The number of alkyl halides is 2. The third-order valence-electron chi connectivity index (χ3n) is 2.74. The predicted molar refractivity (Wildman–Crippen MR) is 72.1 cm³/mol. The Morgan fingerprint density at radius 2 is 1.95 bits per heavy atom. The molecule has 0 aliphatic carbocycles. The van der Waals surface area contributed by atoms with Crippen LogP contribution in [0.4, 0.5) is 8.78 Å². The summed E-state index contributed by atoms with van der Waals surface area (Å²) in [7, 11) is 0. The number of halogens is 3. The number of rotatable bonds is 2. The predicted octanol–water partition coefficient (Wildman–Crippen LogP) is 4.79. The molecule has 2 rings (SSSR count). The van der Waals surface area contributed by atoms with Gasteiger partial charge in [-0.05, 0) is 12.1 Å². The summed E-state index contributed by atoms with van der Waals surface area (Å²) < 4.78 is 29.3. The van der Waals surface area contributed by atoms with E-state index < -0.39 is 6.61 Å². The van der Waals surface area contributed by atoms with Crippen LogP contribution in [0.25, 0.3) is 10.9 Å². The molecule has 0 N–H and O–H groups in total. The Morgan fingerprint density at radius 3 is 2.53 bits per heavy atom. The average molecular weight is 286 g/mol. The van der Waals surface area contributed by atoms with Gasteiger partial charge in [0, 0.05) is 16.5 Å². The number of nitrogens with zero attached hydrogens (tertiary/aromatic N) is 1. The first-order chi connectivity index (χ1) is 8.79. The number of hydrogen-bond acceptors (Lipinski definition) is 2. The lowest BCUT2D eigenvalue weighted by Crippen LogP contribution is -2.14. The van der Waals surface area contributed by atoms with Crippen LogP contribution in [0, 0.1) is 0 Å². The molecule has 0 radical (unpaired) electrons. The van der Waals surface area contributed by atoms with Gasteiger partial charge in [-0.2, -0.15) is 8.78 Å². The molecule has 5 heteroatoms. The van der Waals surface area contributed by atoms with Gasteiger partial charge in [0.15, 0.2) is 5.75 Å². The fourth-order valence-corrected chi connectivity index (χ4v) is 2.01. The van der Waals surface area contributed by atoms with E-state index in [-0.39, 0.29) is 11.2 Å². The molecule has 0 fully saturated rings. The van der Waals surface area contributed by atoms with Gasteiger partial charge in [0.05, 0.1) is 5.02 Å². The lowest BCUT2D eigenvalue weighted by Gasteiger charge is -2.19. The number of fused-ring (bicyclic) bond motifs is 1. The molecule has 102 valence electrons. The third kappa shape index (κ3) is 2.95. The number of aromatic nitrogens is 1. The second-order valence-corrected chi connectivity index (χ2v) is 5.68. The summed E-state index contributed by atoms with van der Waals surface area (Å²) >= 11 is 6.19. The summed E-state index contributed by atoms with van der Waals surface area (Å²) in [6, 6.07) is 6.57. The monoisotopic (exact) mass is 285 g/mol. The molecule has 0 saturated carbocycles. The van der Waals surface area contributed by atoms with Crippen molar-refractivity contribution in [2.45, 2.75) is 32.8 Å². The van der Waals surface area contributed by atoms with Gasteiger partial charge in [0.2, 0.25) is 0 Å². The first-order valence-corrected chi connectivity index (χ1v) is 6.21. The number of ether oxygens (including phenoxy) is 1. The van der Waals surface area contributed by atoms with Crippen LogP contribution in [0.15, 0.2) is 24.3 Å². The minimum atomic E-state index is -2.88. The molecule has 0 saturated heterocycles. The average Bonchev–Trinajstić information content (AvgIpc) is 2.28. The summed E-state index contributed by atoms with van der Waals surface area (Å²) in [5.74, 6) is 0.0421. The van der Waals surface area contributed by atoms with Crippen LogP contribution in [0.3, 0.4) is 0 Å². The molecule has 0 bridgehead atoms. The molecule has 2 nitrogen and oxygen atoms in total. The molecule has 1 aromatic carbocycles. The molecule has 0 atom stereocenters. The lowest BCUT2D eigenvalue weighted by molar-refractivity contribution is -0.0489. The van der Waals surface area contributed by atoms with Gasteiger partial charge in [-0.15, -0.1) is 0 Å². The second kappa shape index (κ2) is 4.93. The van der Waals surface area contributed by atoms with Crippen molar-refractivity contribution in [2.75, 3.05) is 0 Å². The van der Waals surface area contributed by atoms with E-state index in [2.05, 4.69) is 9.72 Å².